The molecule has 0 saturated carbocycles. The van der Waals surface area contributed by atoms with Crippen LogP contribution in [0, 0.1) is 11.3 Å². The van der Waals surface area contributed by atoms with Crippen molar-refractivity contribution >= 4 is 29.4 Å². The standard InChI is InChI=1S/C22H18F3N5OS/c23-22(24,25)32-19-8-6-16(7-9-19)14-17(15-26)20-27-28-21(29-10-12-31-13-11-29)30(20)18-4-2-1-3-5-18/h1-9,14H,10-13H2/b17-14-. The number of hydrogen-bond donors (Lipinski definition) is 0. The number of aromatic nitrogens is 3. The Bertz CT molecular complexity index is 1130. The van der Waals surface area contributed by atoms with Crippen LogP contribution in [0.25, 0.3) is 17.3 Å². The zero-order chi connectivity index (χ0) is 22.6. The van der Waals surface area contributed by atoms with Gasteiger partial charge in [0.15, 0.2) is 5.82 Å². The number of nitrogens with zero attached hydrogens (tertiary/aromatic N) is 5. The van der Waals surface area contributed by atoms with Crippen molar-refractivity contribution in [2.24, 2.45) is 0 Å². The lowest BCUT2D eigenvalue weighted by Gasteiger charge is -2.28. The van der Waals surface area contributed by atoms with Gasteiger partial charge in [0.05, 0.1) is 24.5 Å². The predicted octanol–water partition coefficient (Wildman–Crippen LogP) is 4.78. The molecule has 1 aliphatic rings. The lowest BCUT2D eigenvalue weighted by Crippen LogP contribution is -2.38. The summed E-state index contributed by atoms with van der Waals surface area (Å²) in [4.78, 5) is 2.13. The van der Waals surface area contributed by atoms with Gasteiger partial charge < -0.3 is 9.64 Å². The van der Waals surface area contributed by atoms with E-state index in [0.717, 1.165) is 5.69 Å². The molecule has 164 valence electrons. The number of thioether (sulfide) groups is 1. The van der Waals surface area contributed by atoms with Crippen LogP contribution in [-0.2, 0) is 4.74 Å². The van der Waals surface area contributed by atoms with Crippen LogP contribution in [0.5, 0.6) is 0 Å². The zero-order valence-corrected chi connectivity index (χ0v) is 17.6. The second kappa shape index (κ2) is 9.46. The fraction of sp³-hybridized carbons (Fsp3) is 0.227. The van der Waals surface area contributed by atoms with Gasteiger partial charge >= 0.3 is 5.51 Å². The summed E-state index contributed by atoms with van der Waals surface area (Å²) < 4.78 is 44.9. The number of alkyl halides is 3. The Labute approximate surface area is 186 Å². The molecule has 6 nitrogen and oxygen atoms in total. The highest BCUT2D eigenvalue weighted by atomic mass is 32.2. The molecular weight excluding hydrogens is 439 g/mol. The highest BCUT2D eigenvalue weighted by Crippen LogP contribution is 2.37. The van der Waals surface area contributed by atoms with Gasteiger partial charge in [0, 0.05) is 18.0 Å². The number of rotatable bonds is 5. The summed E-state index contributed by atoms with van der Waals surface area (Å²) in [5.74, 6) is 0.960. The highest BCUT2D eigenvalue weighted by molar-refractivity contribution is 8.00. The van der Waals surface area contributed by atoms with E-state index >= 15 is 0 Å². The Hall–Kier alpha value is -3.29. The van der Waals surface area contributed by atoms with Crippen molar-refractivity contribution < 1.29 is 17.9 Å². The first-order valence-electron chi connectivity index (χ1n) is 9.76. The monoisotopic (exact) mass is 457 g/mol. The number of nitriles is 1. The first-order chi connectivity index (χ1) is 15.4. The van der Waals surface area contributed by atoms with Gasteiger partial charge in [-0.1, -0.05) is 30.3 Å². The number of ether oxygens (including phenoxy) is 1. The summed E-state index contributed by atoms with van der Waals surface area (Å²) in [7, 11) is 0. The highest BCUT2D eigenvalue weighted by Gasteiger charge is 2.29. The van der Waals surface area contributed by atoms with Gasteiger partial charge in [-0.3, -0.25) is 4.57 Å². The molecule has 2 aromatic carbocycles. The Morgan fingerprint density at radius 3 is 2.34 bits per heavy atom. The van der Waals surface area contributed by atoms with Gasteiger partial charge in [-0.2, -0.15) is 18.4 Å². The summed E-state index contributed by atoms with van der Waals surface area (Å²) in [6.07, 6.45) is 1.59. The van der Waals surface area contributed by atoms with Crippen molar-refractivity contribution in [1.82, 2.24) is 14.8 Å². The van der Waals surface area contributed by atoms with Crippen LogP contribution < -0.4 is 4.90 Å². The van der Waals surface area contributed by atoms with E-state index in [1.54, 1.807) is 6.08 Å². The lowest BCUT2D eigenvalue weighted by atomic mass is 10.1. The largest absolute Gasteiger partial charge is 0.446 e. The van der Waals surface area contributed by atoms with E-state index < -0.39 is 5.51 Å². The van der Waals surface area contributed by atoms with Gasteiger partial charge in [-0.25, -0.2) is 0 Å². The fourth-order valence-electron chi connectivity index (χ4n) is 3.31. The summed E-state index contributed by atoms with van der Waals surface area (Å²) in [5, 5.41) is 18.5. The number of hydrogen-bond acceptors (Lipinski definition) is 6. The van der Waals surface area contributed by atoms with Gasteiger partial charge in [-0.05, 0) is 47.7 Å². The van der Waals surface area contributed by atoms with E-state index in [-0.39, 0.29) is 22.2 Å². The third-order valence-corrected chi connectivity index (χ3v) is 5.48. The molecule has 2 heterocycles. The van der Waals surface area contributed by atoms with Crippen LogP contribution in [0.3, 0.4) is 0 Å². The Balaban J connectivity index is 1.72. The summed E-state index contributed by atoms with van der Waals surface area (Å²) in [6, 6.07) is 17.4. The van der Waals surface area contributed by atoms with Crippen LogP contribution in [0.2, 0.25) is 0 Å². The molecule has 0 amide bonds. The summed E-state index contributed by atoms with van der Waals surface area (Å²) in [6.45, 7) is 2.43. The van der Waals surface area contributed by atoms with E-state index in [2.05, 4.69) is 16.3 Å². The summed E-state index contributed by atoms with van der Waals surface area (Å²) >= 11 is -0.179. The van der Waals surface area contributed by atoms with Gasteiger partial charge in [-0.15, -0.1) is 10.2 Å². The molecule has 0 aliphatic carbocycles. The summed E-state index contributed by atoms with van der Waals surface area (Å²) in [5.41, 5.74) is -2.72. The molecule has 10 heteroatoms. The maximum absolute atomic E-state index is 12.6. The smallest absolute Gasteiger partial charge is 0.378 e. The normalized spacial score (nSPS) is 14.9. The second-order valence-electron chi connectivity index (χ2n) is 6.88. The minimum absolute atomic E-state index is 0.0789. The van der Waals surface area contributed by atoms with Crippen molar-refractivity contribution in [3.05, 3.63) is 66.0 Å². The lowest BCUT2D eigenvalue weighted by molar-refractivity contribution is -0.0328. The van der Waals surface area contributed by atoms with Crippen LogP contribution in [-0.4, -0.2) is 46.6 Å². The molecule has 0 spiro atoms. The average Bonchev–Trinajstić information content (AvgIpc) is 3.24. The van der Waals surface area contributed by atoms with Crippen LogP contribution in [0.15, 0.2) is 59.5 Å². The Morgan fingerprint density at radius 2 is 1.72 bits per heavy atom. The van der Waals surface area contributed by atoms with Crippen LogP contribution in [0.4, 0.5) is 19.1 Å². The SMILES string of the molecule is N#C/C(=C/c1ccc(SC(F)(F)F)cc1)c1nnc(N2CCOCC2)n1-c1ccccc1. The molecule has 0 radical (unpaired) electrons. The maximum Gasteiger partial charge on any atom is 0.446 e. The van der Waals surface area contributed by atoms with Crippen molar-refractivity contribution in [1.29, 1.82) is 5.26 Å². The van der Waals surface area contributed by atoms with Crippen molar-refractivity contribution in [2.45, 2.75) is 10.4 Å². The number of allylic oxidation sites excluding steroid dienone is 1. The molecule has 0 unspecified atom stereocenters. The fourth-order valence-corrected chi connectivity index (χ4v) is 3.85. The molecule has 0 N–H and O–H groups in total. The maximum atomic E-state index is 12.6. The Morgan fingerprint density at radius 1 is 1.03 bits per heavy atom. The van der Waals surface area contributed by atoms with E-state index in [4.69, 9.17) is 4.74 Å². The molecule has 32 heavy (non-hydrogen) atoms. The van der Waals surface area contributed by atoms with E-state index in [1.165, 1.54) is 24.3 Å². The van der Waals surface area contributed by atoms with Gasteiger partial charge in [0.2, 0.25) is 5.95 Å². The number of para-hydroxylation sites is 1. The second-order valence-corrected chi connectivity index (χ2v) is 8.02. The quantitative estimate of drug-likeness (QED) is 0.406. The van der Waals surface area contributed by atoms with Crippen LogP contribution in [0.1, 0.15) is 11.4 Å². The number of anilines is 1. The molecular formula is C22H18F3N5OS. The zero-order valence-electron chi connectivity index (χ0n) is 16.8. The van der Waals surface area contributed by atoms with E-state index in [1.807, 2.05) is 39.8 Å². The minimum Gasteiger partial charge on any atom is -0.378 e. The molecule has 4 rings (SSSR count). The minimum atomic E-state index is -4.35. The predicted molar refractivity (Wildman–Crippen MR) is 116 cm³/mol. The average molecular weight is 457 g/mol. The van der Waals surface area contributed by atoms with Crippen molar-refractivity contribution in [2.75, 3.05) is 31.2 Å². The Kier molecular flexibility index (Phi) is 6.48. The molecule has 1 fully saturated rings. The first kappa shape index (κ1) is 21.9. The topological polar surface area (TPSA) is 67.0 Å². The molecule has 1 saturated heterocycles. The van der Waals surface area contributed by atoms with Gasteiger partial charge in [0.25, 0.3) is 0 Å². The van der Waals surface area contributed by atoms with E-state index in [0.29, 0.717) is 43.6 Å². The van der Waals surface area contributed by atoms with Gasteiger partial charge in [0.1, 0.15) is 6.07 Å². The molecule has 0 bridgehead atoms. The molecule has 3 aromatic rings. The third kappa shape index (κ3) is 5.12. The van der Waals surface area contributed by atoms with Crippen molar-refractivity contribution in [3.63, 3.8) is 0 Å². The number of halogens is 3. The molecule has 1 aliphatic heterocycles. The van der Waals surface area contributed by atoms with Crippen molar-refractivity contribution in [3.8, 4) is 11.8 Å². The number of morpholine rings is 1. The number of benzene rings is 2. The van der Waals surface area contributed by atoms with E-state index in [9.17, 15) is 18.4 Å². The molecule has 1 aromatic heterocycles. The first-order valence-corrected chi connectivity index (χ1v) is 10.6. The third-order valence-electron chi connectivity index (χ3n) is 4.74. The molecule has 0 atom stereocenters. The van der Waals surface area contributed by atoms with Crippen LogP contribution >= 0.6 is 11.8 Å².